The van der Waals surface area contributed by atoms with Gasteiger partial charge in [0.2, 0.25) is 0 Å². The molecule has 0 spiro atoms. The normalized spacial score (nSPS) is 23.3. The van der Waals surface area contributed by atoms with Gasteiger partial charge in [-0.25, -0.2) is 4.98 Å². The molecule has 1 aliphatic rings. The van der Waals surface area contributed by atoms with Crippen molar-refractivity contribution >= 4 is 17.2 Å². The van der Waals surface area contributed by atoms with Crippen molar-refractivity contribution < 1.29 is 4.79 Å². The van der Waals surface area contributed by atoms with Crippen molar-refractivity contribution in [3.05, 3.63) is 16.1 Å². The number of aromatic nitrogens is 1. The summed E-state index contributed by atoms with van der Waals surface area (Å²) in [5.74, 6) is 0.450. The molecule has 0 bridgehead atoms. The predicted octanol–water partition coefficient (Wildman–Crippen LogP) is 2.34. The van der Waals surface area contributed by atoms with E-state index in [1.807, 2.05) is 0 Å². The van der Waals surface area contributed by atoms with Gasteiger partial charge in [-0.15, -0.1) is 11.3 Å². The van der Waals surface area contributed by atoms with Gasteiger partial charge in [0.05, 0.1) is 11.2 Å². The third-order valence-corrected chi connectivity index (χ3v) is 4.83. The van der Waals surface area contributed by atoms with Gasteiger partial charge in [-0.2, -0.15) is 0 Å². The van der Waals surface area contributed by atoms with Gasteiger partial charge in [0.25, 0.3) is 5.91 Å². The third kappa shape index (κ3) is 3.76. The van der Waals surface area contributed by atoms with E-state index in [2.05, 4.69) is 17.2 Å². The lowest BCUT2D eigenvalue weighted by Crippen LogP contribution is -2.44. The molecule has 2 atom stereocenters. The van der Waals surface area contributed by atoms with Crippen LogP contribution in [0.15, 0.2) is 6.20 Å². The second-order valence-electron chi connectivity index (χ2n) is 5.23. The Morgan fingerprint density at radius 3 is 3.05 bits per heavy atom. The molecule has 4 nitrogen and oxygen atoms in total. The number of hydrogen-bond donors (Lipinski definition) is 2. The lowest BCUT2D eigenvalue weighted by molar-refractivity contribution is 0.0912. The second kappa shape index (κ2) is 7.01. The number of thiazole rings is 1. The Balaban J connectivity index is 1.95. The van der Waals surface area contributed by atoms with E-state index in [1.165, 1.54) is 24.2 Å². The number of amides is 1. The van der Waals surface area contributed by atoms with Gasteiger partial charge in [-0.3, -0.25) is 4.79 Å². The van der Waals surface area contributed by atoms with Crippen molar-refractivity contribution in [2.75, 3.05) is 6.54 Å². The zero-order valence-corrected chi connectivity index (χ0v) is 12.3. The lowest BCUT2D eigenvalue weighted by atomic mass is 9.84. The number of nitrogens with zero attached hydrogens (tertiary/aromatic N) is 1. The van der Waals surface area contributed by atoms with Crippen molar-refractivity contribution in [3.63, 3.8) is 0 Å². The smallest absolute Gasteiger partial charge is 0.263 e. The average Bonchev–Trinajstić information content (AvgIpc) is 2.88. The van der Waals surface area contributed by atoms with Gasteiger partial charge >= 0.3 is 0 Å². The van der Waals surface area contributed by atoms with Crippen LogP contribution in [0.5, 0.6) is 0 Å². The van der Waals surface area contributed by atoms with E-state index in [0.717, 1.165) is 35.6 Å². The van der Waals surface area contributed by atoms with Crippen molar-refractivity contribution in [2.24, 2.45) is 11.7 Å². The first-order valence-corrected chi connectivity index (χ1v) is 8.02. The fourth-order valence-corrected chi connectivity index (χ4v) is 3.59. The monoisotopic (exact) mass is 281 g/mol. The van der Waals surface area contributed by atoms with Crippen LogP contribution in [0.1, 0.15) is 53.7 Å². The highest BCUT2D eigenvalue weighted by Crippen LogP contribution is 2.24. The van der Waals surface area contributed by atoms with Gasteiger partial charge in [0, 0.05) is 6.04 Å². The molecule has 2 rings (SSSR count). The largest absolute Gasteiger partial charge is 0.348 e. The molecule has 19 heavy (non-hydrogen) atoms. The molecule has 0 radical (unpaired) electrons. The third-order valence-electron chi connectivity index (χ3n) is 3.77. The number of carbonyl (C=O) groups excluding carboxylic acids is 1. The first kappa shape index (κ1) is 14.5. The molecule has 2 unspecified atom stereocenters. The second-order valence-corrected chi connectivity index (χ2v) is 6.34. The molecule has 0 saturated heterocycles. The molecule has 1 aromatic rings. The Hall–Kier alpha value is -0.940. The molecule has 1 amide bonds. The van der Waals surface area contributed by atoms with Crippen LogP contribution < -0.4 is 11.1 Å². The molecule has 1 heterocycles. The van der Waals surface area contributed by atoms with E-state index in [-0.39, 0.29) is 11.9 Å². The van der Waals surface area contributed by atoms with Gasteiger partial charge in [0.15, 0.2) is 0 Å². The Bertz CT molecular complexity index is 419. The summed E-state index contributed by atoms with van der Waals surface area (Å²) >= 11 is 1.51. The maximum atomic E-state index is 12.2. The molecular formula is C14H23N3OS. The Labute approximate surface area is 118 Å². The van der Waals surface area contributed by atoms with E-state index in [0.29, 0.717) is 12.5 Å². The summed E-state index contributed by atoms with van der Waals surface area (Å²) in [5, 5.41) is 4.19. The van der Waals surface area contributed by atoms with Crippen LogP contribution in [0.4, 0.5) is 0 Å². The molecular weight excluding hydrogens is 258 g/mol. The maximum Gasteiger partial charge on any atom is 0.263 e. The van der Waals surface area contributed by atoms with E-state index < -0.39 is 0 Å². The van der Waals surface area contributed by atoms with E-state index >= 15 is 0 Å². The minimum absolute atomic E-state index is 0.0187. The number of hydrogen-bond acceptors (Lipinski definition) is 4. The van der Waals surface area contributed by atoms with Gasteiger partial charge in [-0.1, -0.05) is 19.8 Å². The number of nitrogens with one attached hydrogen (secondary N) is 1. The SMILES string of the molecule is CCCc1ncc(C(=O)NC2CCCCC2CN)s1. The minimum atomic E-state index is 0.0187. The highest BCUT2D eigenvalue weighted by atomic mass is 32.1. The van der Waals surface area contributed by atoms with Crippen molar-refractivity contribution in [3.8, 4) is 0 Å². The van der Waals surface area contributed by atoms with Crippen LogP contribution in [0.2, 0.25) is 0 Å². The number of nitrogens with two attached hydrogens (primary N) is 1. The zero-order chi connectivity index (χ0) is 13.7. The summed E-state index contributed by atoms with van der Waals surface area (Å²) < 4.78 is 0. The van der Waals surface area contributed by atoms with E-state index in [9.17, 15) is 4.79 Å². The molecule has 1 fully saturated rings. The summed E-state index contributed by atoms with van der Waals surface area (Å²) in [4.78, 5) is 17.2. The summed E-state index contributed by atoms with van der Waals surface area (Å²) in [7, 11) is 0. The Kier molecular flexibility index (Phi) is 5.34. The Morgan fingerprint density at radius 2 is 2.32 bits per heavy atom. The van der Waals surface area contributed by atoms with E-state index in [1.54, 1.807) is 6.20 Å². The number of aryl methyl sites for hydroxylation is 1. The maximum absolute atomic E-state index is 12.2. The molecule has 1 saturated carbocycles. The summed E-state index contributed by atoms with van der Waals surface area (Å²) in [6, 6.07) is 0.239. The average molecular weight is 281 g/mol. The minimum Gasteiger partial charge on any atom is -0.348 e. The van der Waals surface area contributed by atoms with Crippen LogP contribution in [0.3, 0.4) is 0 Å². The highest BCUT2D eigenvalue weighted by Gasteiger charge is 2.26. The predicted molar refractivity (Wildman–Crippen MR) is 78.4 cm³/mol. The molecule has 5 heteroatoms. The molecule has 0 aliphatic heterocycles. The van der Waals surface area contributed by atoms with Gasteiger partial charge in [-0.05, 0) is 38.1 Å². The van der Waals surface area contributed by atoms with Crippen molar-refractivity contribution in [1.29, 1.82) is 0 Å². The molecule has 1 aromatic heterocycles. The molecule has 1 aliphatic carbocycles. The first-order chi connectivity index (χ1) is 9.24. The number of carbonyl (C=O) groups is 1. The van der Waals surface area contributed by atoms with E-state index in [4.69, 9.17) is 5.73 Å². The number of rotatable bonds is 5. The summed E-state index contributed by atoms with van der Waals surface area (Å²) in [6.45, 7) is 2.78. The summed E-state index contributed by atoms with van der Waals surface area (Å²) in [5.41, 5.74) is 5.79. The first-order valence-electron chi connectivity index (χ1n) is 7.20. The zero-order valence-electron chi connectivity index (χ0n) is 11.5. The van der Waals surface area contributed by atoms with Crippen molar-refractivity contribution in [1.82, 2.24) is 10.3 Å². The fraction of sp³-hybridized carbons (Fsp3) is 0.714. The molecule has 3 N–H and O–H groups in total. The van der Waals surface area contributed by atoms with Crippen molar-refractivity contribution in [2.45, 2.75) is 51.5 Å². The standard InChI is InChI=1S/C14H23N3OS/c1-2-5-13-16-9-12(19-13)14(18)17-11-7-4-3-6-10(11)8-15/h9-11H,2-8,15H2,1H3,(H,17,18). The van der Waals surface area contributed by atoms with Crippen LogP contribution in [0, 0.1) is 5.92 Å². The summed E-state index contributed by atoms with van der Waals surface area (Å²) in [6.07, 6.45) is 8.31. The lowest BCUT2D eigenvalue weighted by Gasteiger charge is -2.31. The van der Waals surface area contributed by atoms with Crippen LogP contribution in [-0.4, -0.2) is 23.5 Å². The quantitative estimate of drug-likeness (QED) is 0.870. The topological polar surface area (TPSA) is 68.0 Å². The van der Waals surface area contributed by atoms with Crippen LogP contribution in [-0.2, 0) is 6.42 Å². The molecule has 106 valence electrons. The fourth-order valence-electron chi connectivity index (χ4n) is 2.66. The van der Waals surface area contributed by atoms with Crippen LogP contribution in [0.25, 0.3) is 0 Å². The van der Waals surface area contributed by atoms with Crippen LogP contribution >= 0.6 is 11.3 Å². The highest BCUT2D eigenvalue weighted by molar-refractivity contribution is 7.13. The van der Waals surface area contributed by atoms with Gasteiger partial charge < -0.3 is 11.1 Å². The molecule has 0 aromatic carbocycles. The van der Waals surface area contributed by atoms with Gasteiger partial charge in [0.1, 0.15) is 4.88 Å². The Morgan fingerprint density at radius 1 is 1.53 bits per heavy atom.